The van der Waals surface area contributed by atoms with E-state index in [4.69, 9.17) is 21.1 Å². The van der Waals surface area contributed by atoms with Gasteiger partial charge >= 0.3 is 0 Å². The summed E-state index contributed by atoms with van der Waals surface area (Å²) in [6.45, 7) is 0. The zero-order valence-corrected chi connectivity index (χ0v) is 14.1. The van der Waals surface area contributed by atoms with Crippen molar-refractivity contribution in [3.05, 3.63) is 34.7 Å². The molecule has 0 fully saturated rings. The van der Waals surface area contributed by atoms with E-state index in [0.29, 0.717) is 22.3 Å². The average Bonchev–Trinajstić information content (AvgIpc) is 3.23. The van der Waals surface area contributed by atoms with Gasteiger partial charge in [-0.2, -0.15) is 14.6 Å². The van der Waals surface area contributed by atoms with Crippen LogP contribution in [-0.4, -0.2) is 33.8 Å². The maximum absolute atomic E-state index is 6.27. The highest BCUT2D eigenvalue weighted by Crippen LogP contribution is 2.39. The van der Waals surface area contributed by atoms with Gasteiger partial charge in [0.15, 0.2) is 0 Å². The van der Waals surface area contributed by atoms with Crippen LogP contribution in [0.4, 0.5) is 11.5 Å². The van der Waals surface area contributed by atoms with Crippen LogP contribution >= 0.6 is 11.6 Å². The van der Waals surface area contributed by atoms with Crippen LogP contribution in [0, 0.1) is 0 Å². The third kappa shape index (κ3) is 2.32. The van der Waals surface area contributed by atoms with Gasteiger partial charge in [0.05, 0.1) is 30.6 Å². The fourth-order valence-corrected chi connectivity index (χ4v) is 3.28. The Morgan fingerprint density at radius 2 is 2.00 bits per heavy atom. The maximum atomic E-state index is 6.27. The number of nitrogens with zero attached hydrogens (tertiary/aromatic N) is 4. The highest BCUT2D eigenvalue weighted by molar-refractivity contribution is 6.32. The van der Waals surface area contributed by atoms with Crippen molar-refractivity contribution in [3.8, 4) is 11.5 Å². The molecule has 0 radical (unpaired) electrons. The predicted molar refractivity (Wildman–Crippen MR) is 90.6 cm³/mol. The predicted octanol–water partition coefficient (Wildman–Crippen LogP) is 3.03. The number of ether oxygens (including phenoxy) is 2. The van der Waals surface area contributed by atoms with Crippen LogP contribution in [0.1, 0.15) is 17.7 Å². The van der Waals surface area contributed by atoms with Gasteiger partial charge in [0.1, 0.15) is 23.6 Å². The van der Waals surface area contributed by atoms with Gasteiger partial charge in [-0.3, -0.25) is 0 Å². The molecule has 124 valence electrons. The number of anilines is 2. The fourth-order valence-electron chi connectivity index (χ4n) is 3.04. The molecule has 1 aromatic carbocycles. The summed E-state index contributed by atoms with van der Waals surface area (Å²) in [5, 5.41) is 8.19. The van der Waals surface area contributed by atoms with Crippen molar-refractivity contribution >= 4 is 28.9 Å². The van der Waals surface area contributed by atoms with Gasteiger partial charge in [-0.25, -0.2) is 4.98 Å². The topological polar surface area (TPSA) is 73.6 Å². The van der Waals surface area contributed by atoms with E-state index >= 15 is 0 Å². The Hall–Kier alpha value is -2.54. The lowest BCUT2D eigenvalue weighted by Crippen LogP contribution is -2.07. The molecule has 0 atom stereocenters. The van der Waals surface area contributed by atoms with Crippen LogP contribution in [0.3, 0.4) is 0 Å². The molecule has 1 N–H and O–H groups in total. The minimum Gasteiger partial charge on any atom is -0.495 e. The molecule has 8 heteroatoms. The van der Waals surface area contributed by atoms with Crippen LogP contribution in [-0.2, 0) is 12.8 Å². The third-order valence-electron chi connectivity index (χ3n) is 4.18. The molecule has 0 bridgehead atoms. The van der Waals surface area contributed by atoms with Crippen LogP contribution < -0.4 is 14.8 Å². The van der Waals surface area contributed by atoms with Crippen molar-refractivity contribution in [2.75, 3.05) is 19.5 Å². The summed E-state index contributed by atoms with van der Waals surface area (Å²) in [6, 6.07) is 3.54. The molecule has 0 saturated carbocycles. The summed E-state index contributed by atoms with van der Waals surface area (Å²) in [6.07, 6.45) is 4.48. The molecule has 0 spiro atoms. The van der Waals surface area contributed by atoms with E-state index in [1.807, 2.05) is 0 Å². The number of methoxy groups -OCH3 is 2. The number of fused-ring (bicyclic) bond motifs is 2. The van der Waals surface area contributed by atoms with E-state index in [1.165, 1.54) is 6.33 Å². The van der Waals surface area contributed by atoms with Gasteiger partial charge in [0, 0.05) is 11.6 Å². The zero-order chi connectivity index (χ0) is 16.7. The number of halogens is 1. The minimum absolute atomic E-state index is 0.501. The molecule has 2 aromatic heterocycles. The van der Waals surface area contributed by atoms with Crippen molar-refractivity contribution in [1.29, 1.82) is 0 Å². The third-order valence-corrected chi connectivity index (χ3v) is 4.47. The number of benzene rings is 1. The summed E-state index contributed by atoms with van der Waals surface area (Å²) in [4.78, 5) is 8.79. The van der Waals surface area contributed by atoms with Gasteiger partial charge in [-0.05, 0) is 25.3 Å². The highest BCUT2D eigenvalue weighted by atomic mass is 35.5. The molecular formula is C16H16ClN5O2. The van der Waals surface area contributed by atoms with E-state index in [-0.39, 0.29) is 0 Å². The van der Waals surface area contributed by atoms with Gasteiger partial charge in [-0.15, -0.1) is 0 Å². The van der Waals surface area contributed by atoms with E-state index in [9.17, 15) is 0 Å². The Morgan fingerprint density at radius 3 is 2.79 bits per heavy atom. The summed E-state index contributed by atoms with van der Waals surface area (Å²) < 4.78 is 12.4. The Morgan fingerprint density at radius 1 is 1.17 bits per heavy atom. The van der Waals surface area contributed by atoms with Crippen LogP contribution in [0.15, 0.2) is 18.5 Å². The fraction of sp³-hybridized carbons (Fsp3) is 0.312. The van der Waals surface area contributed by atoms with Gasteiger partial charge < -0.3 is 14.8 Å². The monoisotopic (exact) mass is 345 g/mol. The Balaban J connectivity index is 1.86. The number of hydrogen-bond acceptors (Lipinski definition) is 6. The van der Waals surface area contributed by atoms with Gasteiger partial charge in [-0.1, -0.05) is 11.6 Å². The van der Waals surface area contributed by atoms with Crippen molar-refractivity contribution in [2.45, 2.75) is 19.3 Å². The van der Waals surface area contributed by atoms with Crippen molar-refractivity contribution < 1.29 is 9.47 Å². The second-order valence-electron chi connectivity index (χ2n) is 5.52. The standard InChI is InChI=1S/C16H16ClN5O2/c1-23-13-7-14(24-2)12(6-10(13)17)20-15-9-4-3-5-11(9)21-16-18-8-19-22(15)16/h6-8,20H,3-5H2,1-2H3. The average molecular weight is 346 g/mol. The summed E-state index contributed by atoms with van der Waals surface area (Å²) in [7, 11) is 3.18. The normalized spacial score (nSPS) is 13.1. The Bertz CT molecular complexity index is 924. The molecule has 1 aliphatic carbocycles. The first-order chi connectivity index (χ1) is 11.7. The minimum atomic E-state index is 0.501. The quantitative estimate of drug-likeness (QED) is 0.783. The summed E-state index contributed by atoms with van der Waals surface area (Å²) in [5.74, 6) is 2.62. The number of hydrogen-bond donors (Lipinski definition) is 1. The van der Waals surface area contributed by atoms with Crippen molar-refractivity contribution in [1.82, 2.24) is 19.6 Å². The van der Waals surface area contributed by atoms with Gasteiger partial charge in [0.2, 0.25) is 0 Å². The molecule has 4 rings (SSSR count). The van der Waals surface area contributed by atoms with Gasteiger partial charge in [0.25, 0.3) is 5.78 Å². The molecule has 7 nitrogen and oxygen atoms in total. The molecule has 0 saturated heterocycles. The second-order valence-corrected chi connectivity index (χ2v) is 5.93. The number of nitrogens with one attached hydrogen (secondary N) is 1. The maximum Gasteiger partial charge on any atom is 0.254 e. The highest BCUT2D eigenvalue weighted by Gasteiger charge is 2.22. The first-order valence-corrected chi connectivity index (χ1v) is 7.99. The molecular weight excluding hydrogens is 330 g/mol. The first kappa shape index (κ1) is 15.0. The number of rotatable bonds is 4. The van der Waals surface area contributed by atoms with Crippen molar-refractivity contribution in [3.63, 3.8) is 0 Å². The van der Waals surface area contributed by atoms with Crippen LogP contribution in [0.25, 0.3) is 5.78 Å². The van der Waals surface area contributed by atoms with Crippen molar-refractivity contribution in [2.24, 2.45) is 0 Å². The lowest BCUT2D eigenvalue weighted by Gasteiger charge is -2.16. The number of aryl methyl sites for hydroxylation is 1. The van der Waals surface area contributed by atoms with E-state index < -0.39 is 0 Å². The lowest BCUT2D eigenvalue weighted by atomic mass is 10.2. The van der Waals surface area contributed by atoms with E-state index in [1.54, 1.807) is 30.9 Å². The summed E-state index contributed by atoms with van der Waals surface area (Å²) in [5.41, 5.74) is 2.96. The first-order valence-electron chi connectivity index (χ1n) is 7.61. The Kier molecular flexibility index (Phi) is 3.65. The SMILES string of the molecule is COc1cc(OC)c(Nc2c3c(nc4ncnn24)CCC3)cc1Cl. The molecule has 24 heavy (non-hydrogen) atoms. The molecule has 0 unspecified atom stereocenters. The smallest absolute Gasteiger partial charge is 0.254 e. The number of aromatic nitrogens is 4. The molecule has 2 heterocycles. The molecule has 0 amide bonds. The summed E-state index contributed by atoms with van der Waals surface area (Å²) >= 11 is 6.27. The molecule has 3 aromatic rings. The van der Waals surface area contributed by atoms with E-state index in [0.717, 1.165) is 42.0 Å². The van der Waals surface area contributed by atoms with Crippen LogP contribution in [0.2, 0.25) is 5.02 Å². The second kappa shape index (κ2) is 5.83. The van der Waals surface area contributed by atoms with E-state index in [2.05, 4.69) is 20.4 Å². The Labute approximate surface area is 143 Å². The largest absolute Gasteiger partial charge is 0.495 e. The zero-order valence-electron chi connectivity index (χ0n) is 13.3. The molecule has 1 aliphatic rings. The molecule has 0 aliphatic heterocycles. The van der Waals surface area contributed by atoms with Crippen LogP contribution in [0.5, 0.6) is 11.5 Å². The lowest BCUT2D eigenvalue weighted by molar-refractivity contribution is 0.396.